The molecule has 37 heavy (non-hydrogen) atoms. The number of fused-ring (bicyclic) bond motifs is 1. The Bertz CT molecular complexity index is 1080. The number of rotatable bonds is 12. The zero-order valence-corrected chi connectivity index (χ0v) is 22.6. The maximum Gasteiger partial charge on any atom is 0.361 e. The Morgan fingerprint density at radius 1 is 1.22 bits per heavy atom. The van der Waals surface area contributed by atoms with E-state index < -0.39 is 44.4 Å². The average Bonchev–Trinajstić information content (AvgIpc) is 3.52. The maximum absolute atomic E-state index is 12.9. The quantitative estimate of drug-likeness (QED) is 0.219. The summed E-state index contributed by atoms with van der Waals surface area (Å²) >= 11 is 6.20. The van der Waals surface area contributed by atoms with Crippen LogP contribution in [0.5, 0.6) is 0 Å². The molecule has 2 aliphatic rings. The Hall–Kier alpha value is -1.41. The third-order valence-corrected chi connectivity index (χ3v) is 9.05. The number of nitrogens with zero attached hydrogens (tertiary/aromatic N) is 4. The normalized spacial score (nSPS) is 26.1. The van der Waals surface area contributed by atoms with Crippen LogP contribution in [0.2, 0.25) is 5.28 Å². The van der Waals surface area contributed by atoms with Gasteiger partial charge in [-0.2, -0.15) is 15.1 Å². The lowest BCUT2D eigenvalue weighted by Crippen LogP contribution is -2.52. The summed E-state index contributed by atoms with van der Waals surface area (Å²) in [7, 11) is -3.75. The second-order valence-corrected chi connectivity index (χ2v) is 11.6. The summed E-state index contributed by atoms with van der Waals surface area (Å²) in [5, 5.41) is 40.0. The summed E-state index contributed by atoms with van der Waals surface area (Å²) in [6, 6.07) is -0.465. The molecule has 1 saturated carbocycles. The predicted molar refractivity (Wildman–Crippen MR) is 135 cm³/mol. The molecule has 0 radical (unpaired) electrons. The third-order valence-electron chi connectivity index (χ3n) is 6.62. The first-order chi connectivity index (χ1) is 17.8. The van der Waals surface area contributed by atoms with E-state index in [1.807, 2.05) is 0 Å². The predicted octanol–water partition coefficient (Wildman–Crippen LogP) is 2.10. The van der Waals surface area contributed by atoms with Gasteiger partial charge in [0.15, 0.2) is 11.5 Å². The average molecular weight is 564 g/mol. The van der Waals surface area contributed by atoms with Crippen LogP contribution in [0.15, 0.2) is 6.20 Å². The topological polar surface area (TPSA) is 170 Å². The smallest absolute Gasteiger partial charge is 0.361 e. The lowest BCUT2D eigenvalue weighted by atomic mass is 9.98. The van der Waals surface area contributed by atoms with Gasteiger partial charge in [-0.05, 0) is 38.3 Å². The molecule has 5 atom stereocenters. The lowest BCUT2D eigenvalue weighted by Gasteiger charge is -2.38. The van der Waals surface area contributed by atoms with E-state index >= 15 is 0 Å². The highest BCUT2D eigenvalue weighted by Crippen LogP contribution is 2.53. The molecule has 1 aliphatic heterocycles. The summed E-state index contributed by atoms with van der Waals surface area (Å²) in [5.41, 5.74) is 0.407. The van der Waals surface area contributed by atoms with Gasteiger partial charge in [0.05, 0.1) is 44.6 Å². The molecule has 0 amide bonds. The van der Waals surface area contributed by atoms with E-state index in [0.29, 0.717) is 22.9 Å². The van der Waals surface area contributed by atoms with Crippen LogP contribution in [-0.4, -0.2) is 98.3 Å². The molecule has 1 aliphatic carbocycles. The molecule has 4 rings (SSSR count). The highest BCUT2D eigenvalue weighted by molar-refractivity contribution is 7.54. The number of anilines is 1. The van der Waals surface area contributed by atoms with Gasteiger partial charge in [-0.3, -0.25) is 4.57 Å². The number of hydrogen-bond acceptors (Lipinski definition) is 12. The second-order valence-electron chi connectivity index (χ2n) is 9.06. The van der Waals surface area contributed by atoms with Gasteiger partial charge in [-0.25, -0.2) is 4.68 Å². The van der Waals surface area contributed by atoms with E-state index in [2.05, 4.69) is 20.4 Å². The molecule has 3 heterocycles. The molecule has 15 heteroatoms. The number of aliphatic hydroxyl groups is 3. The first-order valence-corrected chi connectivity index (χ1v) is 14.6. The van der Waals surface area contributed by atoms with Crippen molar-refractivity contribution >= 4 is 36.0 Å². The van der Waals surface area contributed by atoms with Gasteiger partial charge in [0.25, 0.3) is 0 Å². The van der Waals surface area contributed by atoms with Crippen molar-refractivity contribution in [3.05, 3.63) is 11.5 Å². The zero-order valence-electron chi connectivity index (χ0n) is 20.9. The van der Waals surface area contributed by atoms with Crippen molar-refractivity contribution < 1.29 is 38.4 Å². The van der Waals surface area contributed by atoms with E-state index in [0.717, 1.165) is 25.7 Å². The van der Waals surface area contributed by atoms with Crippen molar-refractivity contribution in [1.29, 1.82) is 0 Å². The largest absolute Gasteiger partial charge is 0.393 e. The van der Waals surface area contributed by atoms with Crippen LogP contribution in [-0.2, 0) is 23.1 Å². The standard InChI is InChI=1S/C22H35ClN5O8P/c1-3-35-37(32,36-4-2)17(10-29)34-12-16-19(31)18(30)15(11-33-16)28-21-14(9-24-28)20(26-22(23)27-21)25-13-7-5-6-8-13/h9,13,15-19,29-31H,3-8,10-12H2,1-2H3,(H,25,26,27)/t15-,16-,17?,18-,19-/m1/s1. The van der Waals surface area contributed by atoms with Crippen molar-refractivity contribution in [1.82, 2.24) is 19.7 Å². The van der Waals surface area contributed by atoms with Crippen molar-refractivity contribution in [2.24, 2.45) is 0 Å². The van der Waals surface area contributed by atoms with Crippen LogP contribution in [0.25, 0.3) is 11.0 Å². The molecular weight excluding hydrogens is 529 g/mol. The van der Waals surface area contributed by atoms with Gasteiger partial charge in [0.2, 0.25) is 5.28 Å². The van der Waals surface area contributed by atoms with Crippen LogP contribution in [0.1, 0.15) is 45.6 Å². The SMILES string of the molecule is CCOP(=O)(OCC)C(CO)OC[C@H]1OC[C@@H](n2ncc3c(NC4CCCC4)nc(Cl)nc32)[C@@H](O)[C@@H]1O. The summed E-state index contributed by atoms with van der Waals surface area (Å²) in [6.07, 6.45) is 2.38. The van der Waals surface area contributed by atoms with Gasteiger partial charge < -0.3 is 39.2 Å². The van der Waals surface area contributed by atoms with E-state index in [1.165, 1.54) is 4.68 Å². The molecule has 208 valence electrons. The minimum atomic E-state index is -3.75. The molecule has 1 unspecified atom stereocenters. The highest BCUT2D eigenvalue weighted by atomic mass is 35.5. The third kappa shape index (κ3) is 6.26. The van der Waals surface area contributed by atoms with Crippen LogP contribution in [0, 0.1) is 0 Å². The minimum absolute atomic E-state index is 0.0194. The molecule has 2 aromatic rings. The van der Waals surface area contributed by atoms with Gasteiger partial charge in [-0.1, -0.05) is 12.8 Å². The van der Waals surface area contributed by atoms with Gasteiger partial charge in [0.1, 0.15) is 30.2 Å². The second kappa shape index (κ2) is 12.6. The van der Waals surface area contributed by atoms with Gasteiger partial charge >= 0.3 is 7.60 Å². The Labute approximate surface area is 220 Å². The van der Waals surface area contributed by atoms with Crippen LogP contribution >= 0.6 is 19.2 Å². The molecule has 2 aromatic heterocycles. The van der Waals surface area contributed by atoms with Crippen LogP contribution < -0.4 is 5.32 Å². The molecule has 0 bridgehead atoms. The first-order valence-electron chi connectivity index (χ1n) is 12.6. The Morgan fingerprint density at radius 2 is 1.92 bits per heavy atom. The molecule has 1 saturated heterocycles. The van der Waals surface area contributed by atoms with Crippen molar-refractivity contribution in [2.75, 3.05) is 38.4 Å². The number of aromatic nitrogens is 4. The van der Waals surface area contributed by atoms with E-state index in [1.54, 1.807) is 20.0 Å². The molecule has 13 nitrogen and oxygen atoms in total. The van der Waals surface area contributed by atoms with Gasteiger partial charge in [-0.15, -0.1) is 0 Å². The number of aliphatic hydroxyl groups excluding tert-OH is 3. The van der Waals surface area contributed by atoms with E-state index in [-0.39, 0.29) is 31.7 Å². The highest BCUT2D eigenvalue weighted by Gasteiger charge is 2.43. The Kier molecular flexibility index (Phi) is 9.76. The fourth-order valence-corrected chi connectivity index (χ4v) is 6.52. The van der Waals surface area contributed by atoms with Crippen LogP contribution in [0.3, 0.4) is 0 Å². The molecule has 2 fully saturated rings. The lowest BCUT2D eigenvalue weighted by molar-refractivity contribution is -0.180. The van der Waals surface area contributed by atoms with Crippen molar-refractivity contribution in [2.45, 2.75) is 75.8 Å². The van der Waals surface area contributed by atoms with Crippen molar-refractivity contribution in [3.63, 3.8) is 0 Å². The number of ether oxygens (including phenoxy) is 2. The molecular formula is C22H35ClN5O8P. The van der Waals surface area contributed by atoms with E-state index in [4.69, 9.17) is 30.1 Å². The Morgan fingerprint density at radius 3 is 2.57 bits per heavy atom. The van der Waals surface area contributed by atoms with Crippen LogP contribution in [0.4, 0.5) is 5.82 Å². The Balaban J connectivity index is 1.46. The first kappa shape index (κ1) is 28.6. The fraction of sp³-hybridized carbons (Fsp3) is 0.773. The van der Waals surface area contributed by atoms with Gasteiger partial charge in [0, 0.05) is 6.04 Å². The molecule has 0 aromatic carbocycles. The van der Waals surface area contributed by atoms with E-state index in [9.17, 15) is 19.9 Å². The monoisotopic (exact) mass is 563 g/mol. The summed E-state index contributed by atoms with van der Waals surface area (Å²) in [5.74, 6) is -0.688. The summed E-state index contributed by atoms with van der Waals surface area (Å²) < 4.78 is 36.3. The summed E-state index contributed by atoms with van der Waals surface area (Å²) in [6.45, 7) is 2.60. The minimum Gasteiger partial charge on any atom is -0.393 e. The fourth-order valence-electron chi connectivity index (χ4n) is 4.76. The number of halogens is 1. The molecule has 0 spiro atoms. The molecule has 4 N–H and O–H groups in total. The zero-order chi connectivity index (χ0) is 26.6. The summed E-state index contributed by atoms with van der Waals surface area (Å²) in [4.78, 5) is 8.64. The number of nitrogens with one attached hydrogen (secondary N) is 1. The maximum atomic E-state index is 12.9. The number of hydrogen-bond donors (Lipinski definition) is 4. The van der Waals surface area contributed by atoms with Crippen molar-refractivity contribution in [3.8, 4) is 0 Å².